The molecule has 9 heteroatoms. The molecule has 28 heavy (non-hydrogen) atoms. The molecule has 0 saturated carbocycles. The molecule has 138 valence electrons. The average molecular weight is 374 g/mol. The first-order valence-corrected chi connectivity index (χ1v) is 8.22. The molecule has 9 nitrogen and oxygen atoms in total. The second-order valence-corrected chi connectivity index (χ2v) is 5.96. The van der Waals surface area contributed by atoms with Crippen LogP contribution in [0.2, 0.25) is 0 Å². The number of anilines is 2. The number of hydrogen-bond acceptors (Lipinski definition) is 7. The fourth-order valence-corrected chi connectivity index (χ4v) is 2.79. The Morgan fingerprint density at radius 3 is 2.79 bits per heavy atom. The Morgan fingerprint density at radius 1 is 1.11 bits per heavy atom. The van der Waals surface area contributed by atoms with E-state index in [1.165, 1.54) is 12.4 Å². The van der Waals surface area contributed by atoms with E-state index in [1.807, 2.05) is 18.2 Å². The number of nitrogens with two attached hydrogens (primary N) is 1. The molecule has 0 fully saturated rings. The second kappa shape index (κ2) is 6.80. The number of nitrogens with one attached hydrogen (secondary N) is 1. The van der Waals surface area contributed by atoms with Crippen molar-refractivity contribution in [2.45, 2.75) is 0 Å². The van der Waals surface area contributed by atoms with Crippen molar-refractivity contribution in [2.24, 2.45) is 5.73 Å². The van der Waals surface area contributed by atoms with E-state index in [-0.39, 0.29) is 11.5 Å². The molecule has 0 aliphatic heterocycles. The fourth-order valence-electron chi connectivity index (χ4n) is 2.79. The lowest BCUT2D eigenvalue weighted by Crippen LogP contribution is -2.23. The number of benzene rings is 1. The number of carbonyl (C=O) groups is 1. The molecule has 4 N–H and O–H groups in total. The lowest BCUT2D eigenvalue weighted by atomic mass is 10.1. The third kappa shape index (κ3) is 3.12. The van der Waals surface area contributed by atoms with Crippen LogP contribution >= 0.6 is 0 Å². The summed E-state index contributed by atoms with van der Waals surface area (Å²) in [5.74, 6) is -0.295. The van der Waals surface area contributed by atoms with E-state index >= 15 is 0 Å². The Hall–Kier alpha value is -4.27. The maximum absolute atomic E-state index is 11.9. The summed E-state index contributed by atoms with van der Waals surface area (Å²) >= 11 is 0. The fraction of sp³-hybridized carbons (Fsp3) is 0. The molecule has 1 amide bonds. The second-order valence-electron chi connectivity index (χ2n) is 5.96. The predicted octanol–water partition coefficient (Wildman–Crippen LogP) is 1.93. The highest BCUT2D eigenvalue weighted by Crippen LogP contribution is 2.26. The molecule has 3 aromatic heterocycles. The quantitative estimate of drug-likeness (QED) is 0.464. The van der Waals surface area contributed by atoms with Gasteiger partial charge >= 0.3 is 5.69 Å². The molecule has 0 aliphatic carbocycles. The monoisotopic (exact) mass is 374 g/mol. The summed E-state index contributed by atoms with van der Waals surface area (Å²) in [6.45, 7) is 0. The van der Waals surface area contributed by atoms with Crippen molar-refractivity contribution in [3.05, 3.63) is 77.1 Å². The van der Waals surface area contributed by atoms with Crippen molar-refractivity contribution in [3.8, 4) is 11.1 Å². The summed E-state index contributed by atoms with van der Waals surface area (Å²) in [7, 11) is 0. The highest BCUT2D eigenvalue weighted by atomic mass is 16.5. The number of hydrogen-bond donors (Lipinski definition) is 3. The summed E-state index contributed by atoms with van der Waals surface area (Å²) in [6.07, 6.45) is 4.49. The maximum Gasteiger partial charge on any atom is 0.384 e. The number of nitrogens with zero attached hydrogens (tertiary/aromatic N) is 4. The van der Waals surface area contributed by atoms with Gasteiger partial charge in [-0.3, -0.25) is 9.78 Å². The molecule has 0 atom stereocenters. The zero-order valence-corrected chi connectivity index (χ0v) is 14.4. The van der Waals surface area contributed by atoms with E-state index in [9.17, 15) is 14.8 Å². The standard InChI is InChI=1S/C19H14N6O3/c20-16(26)13-7-12(9-21-10-13)11-3-1-4-14(8-11)23-17-15-5-2-6-22-18(15)25(28)19(27)24-17/h1-10,28H,(H2,20,26)(H,23,24,27). The van der Waals surface area contributed by atoms with Gasteiger partial charge < -0.3 is 16.3 Å². The minimum atomic E-state index is -0.844. The molecule has 0 spiro atoms. The van der Waals surface area contributed by atoms with Crippen molar-refractivity contribution in [1.29, 1.82) is 0 Å². The van der Waals surface area contributed by atoms with Gasteiger partial charge in [0.15, 0.2) is 5.65 Å². The lowest BCUT2D eigenvalue weighted by molar-refractivity contribution is 0.1000. The first kappa shape index (κ1) is 17.2. The molecule has 4 rings (SSSR count). The van der Waals surface area contributed by atoms with Crippen molar-refractivity contribution in [2.75, 3.05) is 5.32 Å². The number of aromatic nitrogens is 4. The molecule has 0 unspecified atom stereocenters. The summed E-state index contributed by atoms with van der Waals surface area (Å²) in [4.78, 5) is 35.2. The van der Waals surface area contributed by atoms with Gasteiger partial charge in [-0.25, -0.2) is 9.78 Å². The number of pyridine rings is 2. The third-order valence-corrected chi connectivity index (χ3v) is 4.11. The average Bonchev–Trinajstić information content (AvgIpc) is 2.72. The number of carbonyl (C=O) groups excluding carboxylic acids is 1. The van der Waals surface area contributed by atoms with Crippen LogP contribution in [0.5, 0.6) is 0 Å². The minimum absolute atomic E-state index is 0.0968. The molecule has 0 radical (unpaired) electrons. The molecule has 0 saturated heterocycles. The molecule has 0 aliphatic rings. The van der Waals surface area contributed by atoms with Crippen LogP contribution in [0.4, 0.5) is 11.5 Å². The van der Waals surface area contributed by atoms with Gasteiger partial charge in [-0.2, -0.15) is 4.98 Å². The molecule has 0 bridgehead atoms. The summed E-state index contributed by atoms with van der Waals surface area (Å²) in [5, 5.41) is 13.4. The van der Waals surface area contributed by atoms with Gasteiger partial charge in [0.1, 0.15) is 5.82 Å². The lowest BCUT2D eigenvalue weighted by Gasteiger charge is -2.11. The van der Waals surface area contributed by atoms with Crippen LogP contribution in [0.1, 0.15) is 10.4 Å². The Bertz CT molecular complexity index is 1270. The number of primary amides is 1. The van der Waals surface area contributed by atoms with Crippen molar-refractivity contribution >= 4 is 28.4 Å². The van der Waals surface area contributed by atoms with Crippen LogP contribution in [0.15, 0.2) is 65.8 Å². The number of fused-ring (bicyclic) bond motifs is 1. The van der Waals surface area contributed by atoms with E-state index in [0.717, 1.165) is 5.56 Å². The Morgan fingerprint density at radius 2 is 1.96 bits per heavy atom. The molecular weight excluding hydrogens is 360 g/mol. The minimum Gasteiger partial charge on any atom is -0.422 e. The highest BCUT2D eigenvalue weighted by Gasteiger charge is 2.11. The molecule has 4 aromatic rings. The molecule has 3 heterocycles. The van der Waals surface area contributed by atoms with Gasteiger partial charge in [0.25, 0.3) is 0 Å². The normalized spacial score (nSPS) is 10.7. The maximum atomic E-state index is 11.9. The Balaban J connectivity index is 1.75. The van der Waals surface area contributed by atoms with Crippen LogP contribution in [-0.4, -0.2) is 30.8 Å². The Labute approximate surface area is 158 Å². The smallest absolute Gasteiger partial charge is 0.384 e. The van der Waals surface area contributed by atoms with Crippen LogP contribution < -0.4 is 16.7 Å². The van der Waals surface area contributed by atoms with E-state index in [4.69, 9.17) is 5.73 Å². The number of amides is 1. The number of rotatable bonds is 4. The van der Waals surface area contributed by atoms with Gasteiger partial charge in [-0.05, 0) is 35.9 Å². The molecule has 1 aromatic carbocycles. The summed E-state index contributed by atoms with van der Waals surface area (Å²) < 4.78 is 0.401. The van der Waals surface area contributed by atoms with Crippen molar-refractivity contribution < 1.29 is 10.0 Å². The molecular formula is C19H14N6O3. The largest absolute Gasteiger partial charge is 0.422 e. The Kier molecular flexibility index (Phi) is 4.17. The van der Waals surface area contributed by atoms with Crippen molar-refractivity contribution in [1.82, 2.24) is 19.7 Å². The van der Waals surface area contributed by atoms with E-state index in [2.05, 4.69) is 20.3 Å². The summed E-state index contributed by atoms with van der Waals surface area (Å²) in [5.41, 5.74) is 7.03. The van der Waals surface area contributed by atoms with Gasteiger partial charge in [0, 0.05) is 29.8 Å². The first-order chi connectivity index (χ1) is 13.5. The highest BCUT2D eigenvalue weighted by molar-refractivity contribution is 5.94. The summed E-state index contributed by atoms with van der Waals surface area (Å²) in [6, 6.07) is 12.3. The topological polar surface area (TPSA) is 136 Å². The van der Waals surface area contributed by atoms with Crippen LogP contribution in [0.25, 0.3) is 22.2 Å². The van der Waals surface area contributed by atoms with Crippen LogP contribution in [-0.2, 0) is 0 Å². The first-order valence-electron chi connectivity index (χ1n) is 8.22. The van der Waals surface area contributed by atoms with E-state index < -0.39 is 11.6 Å². The zero-order chi connectivity index (χ0) is 19.7. The SMILES string of the molecule is NC(=O)c1cncc(-c2cccc(Nc3nc(=O)n(O)c4ncccc34)c2)c1. The zero-order valence-electron chi connectivity index (χ0n) is 14.4. The van der Waals surface area contributed by atoms with Gasteiger partial charge in [0.2, 0.25) is 5.91 Å². The van der Waals surface area contributed by atoms with Crippen LogP contribution in [0.3, 0.4) is 0 Å². The van der Waals surface area contributed by atoms with E-state index in [1.54, 1.807) is 30.5 Å². The van der Waals surface area contributed by atoms with E-state index in [0.29, 0.717) is 26.9 Å². The predicted molar refractivity (Wildman–Crippen MR) is 102 cm³/mol. The van der Waals surface area contributed by atoms with Gasteiger partial charge in [-0.1, -0.05) is 12.1 Å². The van der Waals surface area contributed by atoms with Crippen molar-refractivity contribution in [3.63, 3.8) is 0 Å². The third-order valence-electron chi connectivity index (χ3n) is 4.11. The van der Waals surface area contributed by atoms with Gasteiger partial charge in [0.05, 0.1) is 10.9 Å². The van der Waals surface area contributed by atoms with Crippen LogP contribution in [0, 0.1) is 0 Å². The van der Waals surface area contributed by atoms with Gasteiger partial charge in [-0.15, -0.1) is 4.73 Å².